The highest BCUT2D eigenvalue weighted by Crippen LogP contribution is 2.17. The molecule has 0 spiro atoms. The van der Waals surface area contributed by atoms with E-state index in [1.807, 2.05) is 12.1 Å². The Bertz CT molecular complexity index is 565. The Labute approximate surface area is 123 Å². The molecular formula is C14H20N6O. The lowest BCUT2D eigenvalue weighted by molar-refractivity contribution is 0.512. The smallest absolute Gasteiger partial charge is 0.231 e. The molecule has 0 atom stereocenters. The van der Waals surface area contributed by atoms with E-state index in [9.17, 15) is 0 Å². The molecule has 0 aromatic carbocycles. The first-order chi connectivity index (χ1) is 10.3. The summed E-state index contributed by atoms with van der Waals surface area (Å²) in [6.07, 6.45) is 6.06. The van der Waals surface area contributed by atoms with E-state index in [-0.39, 0.29) is 5.95 Å². The van der Waals surface area contributed by atoms with Crippen LogP contribution in [0, 0.1) is 0 Å². The highest BCUT2D eigenvalue weighted by molar-refractivity contribution is 5.42. The van der Waals surface area contributed by atoms with Gasteiger partial charge in [0.2, 0.25) is 17.8 Å². The first-order valence-electron chi connectivity index (χ1n) is 7.34. The van der Waals surface area contributed by atoms with E-state index in [4.69, 9.17) is 10.2 Å². The fraction of sp³-hybridized carbons (Fsp3) is 0.500. The molecule has 7 heteroatoms. The van der Waals surface area contributed by atoms with E-state index in [1.165, 1.54) is 19.3 Å². The molecular weight excluding hydrogens is 268 g/mol. The van der Waals surface area contributed by atoms with E-state index in [0.29, 0.717) is 18.4 Å². The standard InChI is InChI=1S/C14H20N6O/c15-12-17-13(16-7-6-11-5-4-10-21-11)19-14(18-12)20-8-2-1-3-9-20/h4-5,10H,1-3,6-9H2,(H3,15,16,17,18,19). The molecule has 1 aliphatic rings. The minimum Gasteiger partial charge on any atom is -0.469 e. The number of hydrogen-bond acceptors (Lipinski definition) is 7. The fourth-order valence-corrected chi connectivity index (χ4v) is 2.45. The van der Waals surface area contributed by atoms with Gasteiger partial charge >= 0.3 is 0 Å². The minimum absolute atomic E-state index is 0.256. The molecule has 2 aromatic rings. The van der Waals surface area contributed by atoms with Crippen molar-refractivity contribution in [2.75, 3.05) is 35.6 Å². The zero-order chi connectivity index (χ0) is 14.5. The molecule has 1 fully saturated rings. The van der Waals surface area contributed by atoms with Crippen LogP contribution in [-0.4, -0.2) is 34.6 Å². The third-order valence-electron chi connectivity index (χ3n) is 3.51. The molecule has 0 amide bonds. The Hall–Kier alpha value is -2.31. The largest absolute Gasteiger partial charge is 0.469 e. The van der Waals surface area contributed by atoms with Crippen molar-refractivity contribution in [3.05, 3.63) is 24.2 Å². The average Bonchev–Trinajstić information content (AvgIpc) is 3.01. The summed E-state index contributed by atoms with van der Waals surface area (Å²) in [7, 11) is 0. The predicted octanol–water partition coefficient (Wildman–Crippen LogP) is 1.69. The molecule has 0 bridgehead atoms. The maximum absolute atomic E-state index is 5.79. The van der Waals surface area contributed by atoms with E-state index in [0.717, 1.165) is 25.3 Å². The third-order valence-corrected chi connectivity index (χ3v) is 3.51. The molecule has 7 nitrogen and oxygen atoms in total. The Morgan fingerprint density at radius 2 is 2.05 bits per heavy atom. The monoisotopic (exact) mass is 288 g/mol. The van der Waals surface area contributed by atoms with Crippen LogP contribution >= 0.6 is 0 Å². The third kappa shape index (κ3) is 3.62. The number of piperidine rings is 1. The van der Waals surface area contributed by atoms with Crippen LogP contribution in [0.4, 0.5) is 17.8 Å². The Balaban J connectivity index is 1.63. The summed E-state index contributed by atoms with van der Waals surface area (Å²) >= 11 is 0. The number of hydrogen-bond donors (Lipinski definition) is 2. The van der Waals surface area contributed by atoms with Crippen molar-refractivity contribution in [2.45, 2.75) is 25.7 Å². The summed E-state index contributed by atoms with van der Waals surface area (Å²) in [5.41, 5.74) is 5.79. The van der Waals surface area contributed by atoms with E-state index in [2.05, 4.69) is 25.2 Å². The van der Waals surface area contributed by atoms with Gasteiger partial charge in [0.05, 0.1) is 6.26 Å². The molecule has 0 saturated carbocycles. The zero-order valence-corrected chi connectivity index (χ0v) is 12.0. The van der Waals surface area contributed by atoms with Crippen LogP contribution in [0.25, 0.3) is 0 Å². The lowest BCUT2D eigenvalue weighted by atomic mass is 10.1. The zero-order valence-electron chi connectivity index (χ0n) is 12.0. The van der Waals surface area contributed by atoms with Gasteiger partial charge in [0.1, 0.15) is 5.76 Å². The quantitative estimate of drug-likeness (QED) is 0.864. The molecule has 3 N–H and O–H groups in total. The highest BCUT2D eigenvalue weighted by Gasteiger charge is 2.15. The summed E-state index contributed by atoms with van der Waals surface area (Å²) in [6.45, 7) is 2.65. The van der Waals surface area contributed by atoms with Crippen LogP contribution in [0.15, 0.2) is 22.8 Å². The second kappa shape index (κ2) is 6.43. The van der Waals surface area contributed by atoms with Gasteiger partial charge in [-0.25, -0.2) is 0 Å². The van der Waals surface area contributed by atoms with E-state index >= 15 is 0 Å². The Morgan fingerprint density at radius 3 is 2.81 bits per heavy atom. The first-order valence-corrected chi connectivity index (χ1v) is 7.34. The van der Waals surface area contributed by atoms with Crippen molar-refractivity contribution >= 4 is 17.8 Å². The Morgan fingerprint density at radius 1 is 1.19 bits per heavy atom. The first kappa shape index (κ1) is 13.7. The highest BCUT2D eigenvalue weighted by atomic mass is 16.3. The lowest BCUT2D eigenvalue weighted by Crippen LogP contribution is -2.31. The summed E-state index contributed by atoms with van der Waals surface area (Å²) in [5.74, 6) is 2.38. The number of anilines is 3. The SMILES string of the molecule is Nc1nc(NCCc2ccco2)nc(N2CCCCC2)n1. The number of rotatable bonds is 5. The topological polar surface area (TPSA) is 93.1 Å². The number of nitrogens with two attached hydrogens (primary N) is 1. The van der Waals surface area contributed by atoms with Gasteiger partial charge in [0.25, 0.3) is 0 Å². The van der Waals surface area contributed by atoms with Crippen LogP contribution in [0.3, 0.4) is 0 Å². The van der Waals surface area contributed by atoms with Gasteiger partial charge < -0.3 is 20.4 Å². The van der Waals surface area contributed by atoms with Crippen molar-refractivity contribution in [1.29, 1.82) is 0 Å². The summed E-state index contributed by atoms with van der Waals surface area (Å²) < 4.78 is 5.29. The molecule has 3 rings (SSSR count). The maximum atomic E-state index is 5.79. The van der Waals surface area contributed by atoms with Crippen molar-refractivity contribution in [3.8, 4) is 0 Å². The molecule has 1 saturated heterocycles. The second-order valence-electron chi connectivity index (χ2n) is 5.12. The normalized spacial score (nSPS) is 15.1. The van der Waals surface area contributed by atoms with Gasteiger partial charge in [0, 0.05) is 26.1 Å². The van der Waals surface area contributed by atoms with Crippen LogP contribution < -0.4 is 16.0 Å². The van der Waals surface area contributed by atoms with Crippen LogP contribution in [0.2, 0.25) is 0 Å². The molecule has 0 unspecified atom stereocenters. The number of nitrogens with zero attached hydrogens (tertiary/aromatic N) is 4. The molecule has 3 heterocycles. The van der Waals surface area contributed by atoms with Gasteiger partial charge in [-0.1, -0.05) is 0 Å². The summed E-state index contributed by atoms with van der Waals surface area (Å²) in [6, 6.07) is 3.83. The van der Waals surface area contributed by atoms with Crippen molar-refractivity contribution in [1.82, 2.24) is 15.0 Å². The second-order valence-corrected chi connectivity index (χ2v) is 5.12. The van der Waals surface area contributed by atoms with E-state index in [1.54, 1.807) is 6.26 Å². The molecule has 0 aliphatic carbocycles. The van der Waals surface area contributed by atoms with Crippen LogP contribution in [0.5, 0.6) is 0 Å². The van der Waals surface area contributed by atoms with Gasteiger partial charge in [-0.2, -0.15) is 15.0 Å². The lowest BCUT2D eigenvalue weighted by Gasteiger charge is -2.26. The molecule has 0 radical (unpaired) electrons. The number of aromatic nitrogens is 3. The predicted molar refractivity (Wildman–Crippen MR) is 81.2 cm³/mol. The summed E-state index contributed by atoms with van der Waals surface area (Å²) in [4.78, 5) is 15.0. The van der Waals surface area contributed by atoms with Gasteiger partial charge in [0.15, 0.2) is 0 Å². The van der Waals surface area contributed by atoms with Crippen LogP contribution in [0.1, 0.15) is 25.0 Å². The van der Waals surface area contributed by atoms with Crippen molar-refractivity contribution in [3.63, 3.8) is 0 Å². The summed E-state index contributed by atoms with van der Waals surface area (Å²) in [5, 5.41) is 3.17. The fourth-order valence-electron chi connectivity index (χ4n) is 2.45. The average molecular weight is 288 g/mol. The van der Waals surface area contributed by atoms with Crippen molar-refractivity contribution in [2.24, 2.45) is 0 Å². The van der Waals surface area contributed by atoms with Gasteiger partial charge in [-0.15, -0.1) is 0 Å². The molecule has 2 aromatic heterocycles. The number of furan rings is 1. The molecule has 1 aliphatic heterocycles. The number of nitrogens with one attached hydrogen (secondary N) is 1. The van der Waals surface area contributed by atoms with Gasteiger partial charge in [-0.3, -0.25) is 0 Å². The minimum atomic E-state index is 0.256. The van der Waals surface area contributed by atoms with Crippen molar-refractivity contribution < 1.29 is 4.42 Å². The van der Waals surface area contributed by atoms with Gasteiger partial charge in [-0.05, 0) is 31.4 Å². The Kier molecular flexibility index (Phi) is 4.18. The molecule has 112 valence electrons. The maximum Gasteiger partial charge on any atom is 0.231 e. The van der Waals surface area contributed by atoms with Crippen LogP contribution in [-0.2, 0) is 6.42 Å². The van der Waals surface area contributed by atoms with E-state index < -0.39 is 0 Å². The molecule has 21 heavy (non-hydrogen) atoms. The number of nitrogen functional groups attached to an aromatic ring is 1.